The van der Waals surface area contributed by atoms with Crippen molar-refractivity contribution >= 4 is 11.6 Å². The molecule has 19 heavy (non-hydrogen) atoms. The number of hydrogen-bond donors (Lipinski definition) is 0. The van der Waals surface area contributed by atoms with Crippen molar-refractivity contribution < 1.29 is 4.48 Å². The van der Waals surface area contributed by atoms with Gasteiger partial charge in [0.05, 0.1) is 26.7 Å². The standard InChI is InChI=1S/C17H25ClN/c1-19(12-4-5-13-19)14-17(10-2-3-11-17)15-6-8-16(18)9-7-15/h6-9H,2-5,10-14H2,1H3/q+1. The topological polar surface area (TPSA) is 0 Å². The van der Waals surface area contributed by atoms with Crippen molar-refractivity contribution in [2.24, 2.45) is 0 Å². The molecule has 0 spiro atoms. The maximum absolute atomic E-state index is 6.06. The van der Waals surface area contributed by atoms with E-state index in [2.05, 4.69) is 31.3 Å². The van der Waals surface area contributed by atoms with Crippen LogP contribution in [0.2, 0.25) is 5.02 Å². The number of likely N-dealkylation sites (tertiary alicyclic amines) is 1. The smallest absolute Gasteiger partial charge is 0.0882 e. The van der Waals surface area contributed by atoms with Gasteiger partial charge in [0.25, 0.3) is 0 Å². The number of hydrogen-bond acceptors (Lipinski definition) is 0. The van der Waals surface area contributed by atoms with Gasteiger partial charge in [-0.3, -0.25) is 0 Å². The molecular formula is C17H25ClN+. The lowest BCUT2D eigenvalue weighted by molar-refractivity contribution is -0.901. The van der Waals surface area contributed by atoms with E-state index >= 15 is 0 Å². The van der Waals surface area contributed by atoms with E-state index < -0.39 is 0 Å². The fourth-order valence-corrected chi connectivity index (χ4v) is 4.51. The zero-order valence-corrected chi connectivity index (χ0v) is 12.8. The van der Waals surface area contributed by atoms with E-state index in [0.29, 0.717) is 5.41 Å². The number of benzene rings is 1. The summed E-state index contributed by atoms with van der Waals surface area (Å²) in [7, 11) is 2.46. The Labute approximate surface area is 122 Å². The molecule has 0 amide bonds. The summed E-state index contributed by atoms with van der Waals surface area (Å²) in [5.74, 6) is 0. The minimum Gasteiger partial charge on any atom is -0.325 e. The quantitative estimate of drug-likeness (QED) is 0.719. The maximum Gasteiger partial charge on any atom is 0.0882 e. The second kappa shape index (κ2) is 5.10. The van der Waals surface area contributed by atoms with E-state index in [1.54, 1.807) is 0 Å². The number of nitrogens with zero attached hydrogens (tertiary/aromatic N) is 1. The number of rotatable bonds is 3. The fourth-order valence-electron chi connectivity index (χ4n) is 4.38. The van der Waals surface area contributed by atoms with Crippen LogP contribution in [0.5, 0.6) is 0 Å². The highest BCUT2D eigenvalue weighted by molar-refractivity contribution is 6.30. The lowest BCUT2D eigenvalue weighted by Crippen LogP contribution is -2.50. The Kier molecular flexibility index (Phi) is 3.61. The van der Waals surface area contributed by atoms with E-state index in [9.17, 15) is 0 Å². The fraction of sp³-hybridized carbons (Fsp3) is 0.647. The molecule has 1 heterocycles. The first-order chi connectivity index (χ1) is 9.12. The molecule has 1 aliphatic heterocycles. The number of likely N-dealkylation sites (N-methyl/N-ethyl adjacent to an activating group) is 1. The third kappa shape index (κ3) is 2.68. The molecule has 0 bridgehead atoms. The Bertz CT molecular complexity index is 425. The molecule has 0 N–H and O–H groups in total. The first-order valence-electron chi connectivity index (χ1n) is 7.72. The van der Waals surface area contributed by atoms with E-state index in [-0.39, 0.29) is 0 Å². The third-order valence-corrected chi connectivity index (χ3v) is 5.60. The van der Waals surface area contributed by atoms with Crippen molar-refractivity contribution in [3.05, 3.63) is 34.9 Å². The summed E-state index contributed by atoms with van der Waals surface area (Å²) in [5, 5.41) is 0.860. The minimum atomic E-state index is 0.420. The van der Waals surface area contributed by atoms with E-state index in [1.807, 2.05) is 0 Å². The molecule has 3 rings (SSSR count). The van der Waals surface area contributed by atoms with Crippen LogP contribution in [0, 0.1) is 0 Å². The van der Waals surface area contributed by atoms with Gasteiger partial charge >= 0.3 is 0 Å². The summed E-state index contributed by atoms with van der Waals surface area (Å²) in [6.45, 7) is 4.07. The normalized spacial score (nSPS) is 24.7. The molecule has 2 aliphatic rings. The molecule has 104 valence electrons. The second-order valence-electron chi connectivity index (χ2n) is 6.93. The first-order valence-corrected chi connectivity index (χ1v) is 8.09. The van der Waals surface area contributed by atoms with Gasteiger partial charge in [0.15, 0.2) is 0 Å². The summed E-state index contributed by atoms with van der Waals surface area (Å²) >= 11 is 6.06. The predicted molar refractivity (Wildman–Crippen MR) is 81.6 cm³/mol. The average Bonchev–Trinajstić information content (AvgIpc) is 3.01. The van der Waals surface area contributed by atoms with Crippen LogP contribution in [-0.4, -0.2) is 31.2 Å². The molecule has 0 unspecified atom stereocenters. The van der Waals surface area contributed by atoms with Crippen molar-refractivity contribution in [1.82, 2.24) is 0 Å². The van der Waals surface area contributed by atoms with Crippen LogP contribution in [0.15, 0.2) is 24.3 Å². The molecule has 0 atom stereocenters. The number of halogens is 1. The molecule has 1 nitrogen and oxygen atoms in total. The lowest BCUT2D eigenvalue weighted by atomic mass is 9.78. The van der Waals surface area contributed by atoms with Crippen molar-refractivity contribution in [3.8, 4) is 0 Å². The highest BCUT2D eigenvalue weighted by Crippen LogP contribution is 2.43. The van der Waals surface area contributed by atoms with Crippen LogP contribution in [0.4, 0.5) is 0 Å². The Morgan fingerprint density at radius 1 is 1.00 bits per heavy atom. The Morgan fingerprint density at radius 3 is 2.16 bits per heavy atom. The van der Waals surface area contributed by atoms with Gasteiger partial charge in [0, 0.05) is 23.3 Å². The monoisotopic (exact) mass is 278 g/mol. The zero-order valence-electron chi connectivity index (χ0n) is 12.0. The summed E-state index contributed by atoms with van der Waals surface area (Å²) in [4.78, 5) is 0. The Morgan fingerprint density at radius 2 is 1.58 bits per heavy atom. The van der Waals surface area contributed by atoms with E-state index in [1.165, 1.54) is 68.2 Å². The summed E-state index contributed by atoms with van der Waals surface area (Å²) < 4.78 is 1.28. The van der Waals surface area contributed by atoms with Gasteiger partial charge in [-0.25, -0.2) is 0 Å². The van der Waals surface area contributed by atoms with Gasteiger partial charge in [0.2, 0.25) is 0 Å². The van der Waals surface area contributed by atoms with Crippen molar-refractivity contribution in [2.75, 3.05) is 26.7 Å². The van der Waals surface area contributed by atoms with Crippen LogP contribution in [-0.2, 0) is 5.41 Å². The highest BCUT2D eigenvalue weighted by atomic mass is 35.5. The van der Waals surface area contributed by atoms with Gasteiger partial charge < -0.3 is 4.48 Å². The lowest BCUT2D eigenvalue weighted by Gasteiger charge is -2.39. The van der Waals surface area contributed by atoms with Gasteiger partial charge in [-0.2, -0.15) is 0 Å². The second-order valence-corrected chi connectivity index (χ2v) is 7.36. The summed E-state index contributed by atoms with van der Waals surface area (Å²) in [6, 6.07) is 8.69. The molecule has 0 aromatic heterocycles. The Balaban J connectivity index is 1.88. The molecule has 1 saturated carbocycles. The van der Waals surface area contributed by atoms with Crippen LogP contribution in [0.25, 0.3) is 0 Å². The van der Waals surface area contributed by atoms with Crippen LogP contribution >= 0.6 is 11.6 Å². The molecule has 1 saturated heterocycles. The van der Waals surface area contributed by atoms with Crippen LogP contribution in [0.1, 0.15) is 44.1 Å². The number of quaternary nitrogens is 1. The molecule has 2 fully saturated rings. The van der Waals surface area contributed by atoms with Gasteiger partial charge in [-0.05, 0) is 30.5 Å². The SMILES string of the molecule is C[N+]1(CC2(c3ccc(Cl)cc3)CCCC2)CCCC1. The van der Waals surface area contributed by atoms with Crippen molar-refractivity contribution in [2.45, 2.75) is 43.9 Å². The molecule has 1 aromatic rings. The van der Waals surface area contributed by atoms with Crippen molar-refractivity contribution in [3.63, 3.8) is 0 Å². The zero-order chi connectivity index (χ0) is 13.3. The molecule has 1 aromatic carbocycles. The van der Waals surface area contributed by atoms with Gasteiger partial charge in [-0.1, -0.05) is 36.6 Å². The predicted octanol–water partition coefficient (Wildman–Crippen LogP) is 4.39. The largest absolute Gasteiger partial charge is 0.325 e. The van der Waals surface area contributed by atoms with Gasteiger partial charge in [0.1, 0.15) is 0 Å². The van der Waals surface area contributed by atoms with Crippen LogP contribution < -0.4 is 0 Å². The Hall–Kier alpha value is -0.530. The van der Waals surface area contributed by atoms with E-state index in [0.717, 1.165) is 5.02 Å². The molecule has 1 aliphatic carbocycles. The maximum atomic E-state index is 6.06. The first kappa shape index (κ1) is 13.5. The van der Waals surface area contributed by atoms with Crippen LogP contribution in [0.3, 0.4) is 0 Å². The molecular weight excluding hydrogens is 254 g/mol. The highest BCUT2D eigenvalue weighted by Gasteiger charge is 2.43. The van der Waals surface area contributed by atoms with Gasteiger partial charge in [-0.15, -0.1) is 0 Å². The van der Waals surface area contributed by atoms with Crippen molar-refractivity contribution in [1.29, 1.82) is 0 Å². The van der Waals surface area contributed by atoms with E-state index in [4.69, 9.17) is 11.6 Å². The summed E-state index contributed by atoms with van der Waals surface area (Å²) in [6.07, 6.45) is 8.33. The molecule has 0 radical (unpaired) electrons. The summed E-state index contributed by atoms with van der Waals surface area (Å²) in [5.41, 5.74) is 1.95. The third-order valence-electron chi connectivity index (χ3n) is 5.35. The average molecular weight is 279 g/mol. The molecule has 2 heteroatoms. The minimum absolute atomic E-state index is 0.420.